The van der Waals surface area contributed by atoms with Crippen molar-refractivity contribution in [2.75, 3.05) is 7.11 Å². The maximum Gasteiger partial charge on any atom is 0.306 e. The second kappa shape index (κ2) is 5.62. The van der Waals surface area contributed by atoms with Gasteiger partial charge in [-0.1, -0.05) is 34.6 Å². The van der Waals surface area contributed by atoms with Crippen molar-refractivity contribution < 1.29 is 14.3 Å². The largest absolute Gasteiger partial charge is 0.469 e. The first kappa shape index (κ1) is 16.3. The second-order valence-electron chi connectivity index (χ2n) is 8.06. The standard InChI is InChI=1S/C17H29NO3/c1-10(2)12(9-15(19)21-6)16(20)18-13-7-11(13)8-14(18)17(3,4)5/h10-14H,7-9H2,1-6H3. The molecule has 4 heteroatoms. The SMILES string of the molecule is COC(=O)CC(C(=O)N1C2CC2CC1C(C)(C)C)C(C)C. The number of ether oxygens (including phenoxy) is 1. The average molecular weight is 295 g/mol. The number of carbonyl (C=O) groups excluding carboxylic acids is 2. The van der Waals surface area contributed by atoms with E-state index in [1.165, 1.54) is 7.11 Å². The number of fused-ring (bicyclic) bond motifs is 1. The van der Waals surface area contributed by atoms with E-state index in [1.54, 1.807) is 0 Å². The van der Waals surface area contributed by atoms with Gasteiger partial charge in [0.15, 0.2) is 0 Å². The van der Waals surface area contributed by atoms with Crippen LogP contribution >= 0.6 is 0 Å². The smallest absolute Gasteiger partial charge is 0.306 e. The molecular weight excluding hydrogens is 266 g/mol. The summed E-state index contributed by atoms with van der Waals surface area (Å²) >= 11 is 0. The predicted octanol–water partition coefficient (Wildman–Crippen LogP) is 2.86. The van der Waals surface area contributed by atoms with Crippen LogP contribution in [-0.2, 0) is 14.3 Å². The highest BCUT2D eigenvalue weighted by atomic mass is 16.5. The van der Waals surface area contributed by atoms with Gasteiger partial charge >= 0.3 is 5.97 Å². The Balaban J connectivity index is 2.17. The number of hydrogen-bond acceptors (Lipinski definition) is 3. The van der Waals surface area contributed by atoms with E-state index in [0.29, 0.717) is 18.0 Å². The molecule has 1 aliphatic carbocycles. The number of rotatable bonds is 4. The van der Waals surface area contributed by atoms with Crippen molar-refractivity contribution in [2.45, 2.75) is 66.0 Å². The van der Waals surface area contributed by atoms with Crippen molar-refractivity contribution in [2.24, 2.45) is 23.2 Å². The summed E-state index contributed by atoms with van der Waals surface area (Å²) in [6, 6.07) is 0.716. The molecule has 0 bridgehead atoms. The van der Waals surface area contributed by atoms with Crippen LogP contribution in [0.2, 0.25) is 0 Å². The summed E-state index contributed by atoms with van der Waals surface area (Å²) in [4.78, 5) is 26.8. The highest BCUT2D eigenvalue weighted by Gasteiger charge is 2.57. The Morgan fingerprint density at radius 3 is 2.33 bits per heavy atom. The molecular formula is C17H29NO3. The van der Waals surface area contributed by atoms with Gasteiger partial charge < -0.3 is 9.64 Å². The number of piperidine rings is 1. The van der Waals surface area contributed by atoms with Crippen molar-refractivity contribution in [3.63, 3.8) is 0 Å². The van der Waals surface area contributed by atoms with Gasteiger partial charge in [0.25, 0.3) is 0 Å². The number of esters is 1. The summed E-state index contributed by atoms with van der Waals surface area (Å²) in [5.74, 6) is 0.432. The molecule has 0 aromatic heterocycles. The van der Waals surface area contributed by atoms with Gasteiger partial charge in [0, 0.05) is 12.1 Å². The number of hydrogen-bond donors (Lipinski definition) is 0. The first-order valence-corrected chi connectivity index (χ1v) is 8.05. The fourth-order valence-electron chi connectivity index (χ4n) is 3.61. The van der Waals surface area contributed by atoms with Crippen LogP contribution in [-0.4, -0.2) is 36.0 Å². The van der Waals surface area contributed by atoms with E-state index in [4.69, 9.17) is 4.74 Å². The van der Waals surface area contributed by atoms with Crippen LogP contribution in [0.4, 0.5) is 0 Å². The Hall–Kier alpha value is -1.06. The van der Waals surface area contributed by atoms with Crippen LogP contribution in [0.5, 0.6) is 0 Å². The molecule has 21 heavy (non-hydrogen) atoms. The van der Waals surface area contributed by atoms with Gasteiger partial charge in [-0.15, -0.1) is 0 Å². The molecule has 4 nitrogen and oxygen atoms in total. The van der Waals surface area contributed by atoms with Crippen LogP contribution in [0.3, 0.4) is 0 Å². The Bertz CT molecular complexity index is 424. The summed E-state index contributed by atoms with van der Waals surface area (Å²) in [5, 5.41) is 0. The molecule has 1 amide bonds. The molecule has 0 spiro atoms. The number of carbonyl (C=O) groups is 2. The molecule has 4 unspecified atom stereocenters. The maximum absolute atomic E-state index is 13.1. The molecule has 0 N–H and O–H groups in total. The van der Waals surface area contributed by atoms with Crippen LogP contribution in [0.25, 0.3) is 0 Å². The van der Waals surface area contributed by atoms with Gasteiger partial charge in [-0.25, -0.2) is 0 Å². The zero-order valence-corrected chi connectivity index (χ0v) is 14.2. The van der Waals surface area contributed by atoms with Crippen molar-refractivity contribution in [3.05, 3.63) is 0 Å². The van der Waals surface area contributed by atoms with Crippen molar-refractivity contribution in [1.82, 2.24) is 4.90 Å². The minimum Gasteiger partial charge on any atom is -0.469 e. The quantitative estimate of drug-likeness (QED) is 0.749. The monoisotopic (exact) mass is 295 g/mol. The van der Waals surface area contributed by atoms with E-state index in [-0.39, 0.29) is 35.5 Å². The normalized spacial score (nSPS) is 29.3. The van der Waals surface area contributed by atoms with E-state index < -0.39 is 0 Å². The lowest BCUT2D eigenvalue weighted by Gasteiger charge is -2.39. The first-order valence-electron chi connectivity index (χ1n) is 8.05. The molecule has 2 rings (SSSR count). The van der Waals surface area contributed by atoms with Crippen molar-refractivity contribution in [1.29, 1.82) is 0 Å². The zero-order chi connectivity index (χ0) is 15.9. The fraction of sp³-hybridized carbons (Fsp3) is 0.882. The Kier molecular flexibility index (Phi) is 4.36. The lowest BCUT2D eigenvalue weighted by atomic mass is 9.82. The van der Waals surface area contributed by atoms with Gasteiger partial charge in [-0.3, -0.25) is 9.59 Å². The summed E-state index contributed by atoms with van der Waals surface area (Å²) in [5.41, 5.74) is 0.0931. The van der Waals surface area contributed by atoms with E-state index in [2.05, 4.69) is 25.7 Å². The maximum atomic E-state index is 13.1. The van der Waals surface area contributed by atoms with Gasteiger partial charge in [0.1, 0.15) is 0 Å². The zero-order valence-electron chi connectivity index (χ0n) is 14.2. The van der Waals surface area contributed by atoms with Gasteiger partial charge in [0.05, 0.1) is 19.4 Å². The van der Waals surface area contributed by atoms with Gasteiger partial charge in [-0.05, 0) is 30.1 Å². The topological polar surface area (TPSA) is 46.6 Å². The summed E-state index contributed by atoms with van der Waals surface area (Å²) in [6.45, 7) is 10.6. The number of methoxy groups -OCH3 is 1. The number of amides is 1. The molecule has 1 saturated heterocycles. The third-order valence-electron chi connectivity index (χ3n) is 5.09. The predicted molar refractivity (Wildman–Crippen MR) is 81.6 cm³/mol. The summed E-state index contributed by atoms with van der Waals surface area (Å²) in [6.07, 6.45) is 2.45. The number of likely N-dealkylation sites (tertiary alicyclic amines) is 1. The Morgan fingerprint density at radius 1 is 1.24 bits per heavy atom. The fourth-order valence-corrected chi connectivity index (χ4v) is 3.61. The van der Waals surface area contributed by atoms with E-state index >= 15 is 0 Å². The molecule has 0 radical (unpaired) electrons. The summed E-state index contributed by atoms with van der Waals surface area (Å²) in [7, 11) is 1.38. The van der Waals surface area contributed by atoms with Crippen LogP contribution < -0.4 is 0 Å². The molecule has 120 valence electrons. The molecule has 2 fully saturated rings. The molecule has 2 aliphatic rings. The van der Waals surface area contributed by atoms with Crippen LogP contribution in [0.15, 0.2) is 0 Å². The third-order valence-corrected chi connectivity index (χ3v) is 5.09. The molecule has 4 atom stereocenters. The lowest BCUT2D eigenvalue weighted by molar-refractivity contribution is -0.150. The Morgan fingerprint density at radius 2 is 1.86 bits per heavy atom. The molecule has 1 aliphatic heterocycles. The molecule has 1 saturated carbocycles. The van der Waals surface area contributed by atoms with Crippen molar-refractivity contribution >= 4 is 11.9 Å². The van der Waals surface area contributed by atoms with Crippen molar-refractivity contribution in [3.8, 4) is 0 Å². The van der Waals surface area contributed by atoms with E-state index in [9.17, 15) is 9.59 Å². The van der Waals surface area contributed by atoms with Crippen LogP contribution in [0, 0.1) is 23.2 Å². The minimum atomic E-state index is -0.291. The first-order chi connectivity index (χ1) is 9.66. The van der Waals surface area contributed by atoms with Gasteiger partial charge in [0.2, 0.25) is 5.91 Å². The highest BCUT2D eigenvalue weighted by Crippen LogP contribution is 2.52. The van der Waals surface area contributed by atoms with E-state index in [1.807, 2.05) is 13.8 Å². The molecule has 0 aromatic rings. The second-order valence-corrected chi connectivity index (χ2v) is 8.06. The molecule has 1 heterocycles. The lowest BCUT2D eigenvalue weighted by Crippen LogP contribution is -2.49. The average Bonchev–Trinajstić information content (AvgIpc) is 3.04. The summed E-state index contributed by atoms with van der Waals surface area (Å²) < 4.78 is 4.77. The Labute approximate surface area is 128 Å². The van der Waals surface area contributed by atoms with Crippen LogP contribution in [0.1, 0.15) is 53.9 Å². The minimum absolute atomic E-state index is 0.0931. The number of nitrogens with zero attached hydrogens (tertiary/aromatic N) is 1. The van der Waals surface area contributed by atoms with Gasteiger partial charge in [-0.2, -0.15) is 0 Å². The third kappa shape index (κ3) is 3.24. The van der Waals surface area contributed by atoms with E-state index in [0.717, 1.165) is 12.8 Å². The highest BCUT2D eigenvalue weighted by molar-refractivity contribution is 5.85. The molecule has 0 aromatic carbocycles.